The highest BCUT2D eigenvalue weighted by molar-refractivity contribution is 5.88. The fraction of sp³-hybridized carbons (Fsp3) is 0.462. The average molecular weight is 489 g/mol. The molecule has 0 spiro atoms. The Bertz CT molecular complexity index is 1090. The second kappa shape index (κ2) is 9.79. The second-order valence-electron chi connectivity index (χ2n) is 9.66. The van der Waals surface area contributed by atoms with E-state index in [4.69, 9.17) is 5.73 Å². The lowest BCUT2D eigenvalue weighted by atomic mass is 9.95. The number of amides is 2. The van der Waals surface area contributed by atoms with Gasteiger partial charge in [0.1, 0.15) is 0 Å². The average Bonchev–Trinajstić information content (AvgIpc) is 3.17. The number of likely N-dealkylation sites (tertiary alicyclic amines) is 1. The van der Waals surface area contributed by atoms with Gasteiger partial charge < -0.3 is 20.9 Å². The molecule has 0 bridgehead atoms. The minimum absolute atomic E-state index is 0.0650. The molecule has 2 fully saturated rings. The Balaban J connectivity index is 1.39. The molecular formula is C26H31F3N4O2. The van der Waals surface area contributed by atoms with Gasteiger partial charge in [0.25, 0.3) is 0 Å². The molecule has 1 unspecified atom stereocenters. The quantitative estimate of drug-likeness (QED) is 0.620. The lowest BCUT2D eigenvalue weighted by molar-refractivity contribution is -0.179. The number of primary amides is 1. The van der Waals surface area contributed by atoms with E-state index in [0.29, 0.717) is 26.2 Å². The molecule has 2 amide bonds. The van der Waals surface area contributed by atoms with Crippen molar-refractivity contribution in [2.45, 2.75) is 45.8 Å². The summed E-state index contributed by atoms with van der Waals surface area (Å²) >= 11 is 0. The minimum atomic E-state index is -4.11. The number of piperidine rings is 1. The molecule has 35 heavy (non-hydrogen) atoms. The highest BCUT2D eigenvalue weighted by Gasteiger charge is 2.41. The normalized spacial score (nSPS) is 19.3. The van der Waals surface area contributed by atoms with E-state index in [2.05, 4.69) is 5.32 Å². The van der Waals surface area contributed by atoms with E-state index in [9.17, 15) is 22.8 Å². The van der Waals surface area contributed by atoms with E-state index in [-0.39, 0.29) is 25.2 Å². The van der Waals surface area contributed by atoms with Crippen LogP contribution in [0.2, 0.25) is 0 Å². The molecule has 4 rings (SSSR count). The van der Waals surface area contributed by atoms with Crippen LogP contribution in [-0.4, -0.2) is 42.5 Å². The Morgan fingerprint density at radius 1 is 1.09 bits per heavy atom. The first kappa shape index (κ1) is 24.9. The zero-order valence-electron chi connectivity index (χ0n) is 20.0. The smallest absolute Gasteiger partial charge is 0.371 e. The molecule has 0 aliphatic carbocycles. The number of aryl methyl sites for hydroxylation is 2. The van der Waals surface area contributed by atoms with Crippen LogP contribution < -0.4 is 16.0 Å². The number of alkyl halides is 3. The Labute approximate surface area is 203 Å². The number of benzene rings is 2. The zero-order valence-corrected chi connectivity index (χ0v) is 20.0. The van der Waals surface area contributed by atoms with Gasteiger partial charge in [-0.1, -0.05) is 12.1 Å². The van der Waals surface area contributed by atoms with Crippen LogP contribution in [0.15, 0.2) is 36.4 Å². The molecule has 2 aliphatic rings. The fourth-order valence-electron chi connectivity index (χ4n) is 4.91. The molecular weight excluding hydrogens is 457 g/mol. The van der Waals surface area contributed by atoms with Gasteiger partial charge in [0, 0.05) is 49.7 Å². The Morgan fingerprint density at radius 2 is 1.74 bits per heavy atom. The molecule has 2 aromatic carbocycles. The van der Waals surface area contributed by atoms with Gasteiger partial charge in [0.2, 0.25) is 11.8 Å². The van der Waals surface area contributed by atoms with Crippen LogP contribution in [0.3, 0.4) is 0 Å². The summed E-state index contributed by atoms with van der Waals surface area (Å²) in [4.78, 5) is 27.2. The van der Waals surface area contributed by atoms with Crippen molar-refractivity contribution < 1.29 is 22.8 Å². The van der Waals surface area contributed by atoms with Gasteiger partial charge in [-0.05, 0) is 67.6 Å². The topological polar surface area (TPSA) is 78.7 Å². The number of hydrogen-bond donors (Lipinski definition) is 2. The third-order valence-electron chi connectivity index (χ3n) is 7.06. The summed E-state index contributed by atoms with van der Waals surface area (Å²) in [6, 6.07) is 11.8. The summed E-state index contributed by atoms with van der Waals surface area (Å²) in [7, 11) is 0. The lowest BCUT2D eigenvalue weighted by Gasteiger charge is -2.35. The second-order valence-corrected chi connectivity index (χ2v) is 9.66. The number of rotatable bonds is 6. The number of hydrogen-bond acceptors (Lipinski definition) is 4. The van der Waals surface area contributed by atoms with Gasteiger partial charge >= 0.3 is 6.18 Å². The number of anilines is 3. The predicted molar refractivity (Wildman–Crippen MR) is 129 cm³/mol. The number of nitrogens with two attached hydrogens (primary N) is 1. The van der Waals surface area contributed by atoms with Crippen molar-refractivity contribution in [3.63, 3.8) is 0 Å². The summed E-state index contributed by atoms with van der Waals surface area (Å²) in [6.07, 6.45) is -3.69. The van der Waals surface area contributed by atoms with Crippen molar-refractivity contribution in [3.8, 4) is 0 Å². The number of carbonyl (C=O) groups excluding carboxylic acids is 2. The molecule has 0 aromatic heterocycles. The molecule has 3 N–H and O–H groups in total. The van der Waals surface area contributed by atoms with Gasteiger partial charge in [0.15, 0.2) is 0 Å². The maximum atomic E-state index is 13.0. The highest BCUT2D eigenvalue weighted by Crippen LogP contribution is 2.37. The van der Waals surface area contributed by atoms with E-state index in [1.807, 2.05) is 55.1 Å². The summed E-state index contributed by atoms with van der Waals surface area (Å²) in [5.41, 5.74) is 11.1. The molecule has 2 heterocycles. The molecule has 6 nitrogen and oxygen atoms in total. The summed E-state index contributed by atoms with van der Waals surface area (Å²) in [5.74, 6) is -2.14. The monoisotopic (exact) mass is 488 g/mol. The standard InChI is InChI=1S/C26H31F3N4O2/c1-16-12-23(32-9-7-20(8-10-32)26(27,28)29)17(2)11-22(16)31-21-5-3-18(4-6-21)14-33-15-19(25(30)35)13-24(33)34/h3-6,11-12,19-20,31H,7-10,13-15H2,1-2H3,(H2,30,35). The molecule has 2 aromatic rings. The molecule has 0 radical (unpaired) electrons. The lowest BCUT2D eigenvalue weighted by Crippen LogP contribution is -2.39. The number of nitrogens with one attached hydrogen (secondary N) is 1. The van der Waals surface area contributed by atoms with Crippen LogP contribution in [0, 0.1) is 25.7 Å². The minimum Gasteiger partial charge on any atom is -0.371 e. The first-order valence-electron chi connectivity index (χ1n) is 11.9. The van der Waals surface area contributed by atoms with Crippen LogP contribution in [0.1, 0.15) is 36.0 Å². The van der Waals surface area contributed by atoms with Crippen molar-refractivity contribution in [3.05, 3.63) is 53.1 Å². The fourth-order valence-corrected chi connectivity index (χ4v) is 4.91. The summed E-state index contributed by atoms with van der Waals surface area (Å²) in [5, 5.41) is 3.41. The molecule has 1 atom stereocenters. The third kappa shape index (κ3) is 5.71. The van der Waals surface area contributed by atoms with Crippen molar-refractivity contribution in [2.75, 3.05) is 29.9 Å². The van der Waals surface area contributed by atoms with Gasteiger partial charge in [-0.25, -0.2) is 0 Å². The summed E-state index contributed by atoms with van der Waals surface area (Å²) < 4.78 is 39.0. The SMILES string of the molecule is Cc1cc(N2CCC(C(F)(F)F)CC2)c(C)cc1Nc1ccc(CN2CC(C(N)=O)CC2=O)cc1. The van der Waals surface area contributed by atoms with Crippen molar-refractivity contribution in [2.24, 2.45) is 17.6 Å². The number of halogens is 3. The van der Waals surface area contributed by atoms with Crippen LogP contribution >= 0.6 is 0 Å². The number of nitrogens with zero attached hydrogens (tertiary/aromatic N) is 2. The summed E-state index contributed by atoms with van der Waals surface area (Å²) in [6.45, 7) is 5.55. The Hall–Kier alpha value is -3.23. The van der Waals surface area contributed by atoms with Crippen molar-refractivity contribution >= 4 is 28.9 Å². The van der Waals surface area contributed by atoms with Crippen LogP contribution in [-0.2, 0) is 16.1 Å². The van der Waals surface area contributed by atoms with Crippen LogP contribution in [0.5, 0.6) is 0 Å². The zero-order chi connectivity index (χ0) is 25.3. The van der Waals surface area contributed by atoms with Gasteiger partial charge in [-0.15, -0.1) is 0 Å². The van der Waals surface area contributed by atoms with Crippen molar-refractivity contribution in [1.29, 1.82) is 0 Å². The van der Waals surface area contributed by atoms with E-state index in [0.717, 1.165) is 33.8 Å². The molecule has 0 saturated carbocycles. The molecule has 9 heteroatoms. The first-order valence-corrected chi connectivity index (χ1v) is 11.9. The molecule has 188 valence electrons. The maximum Gasteiger partial charge on any atom is 0.391 e. The Kier molecular flexibility index (Phi) is 6.96. The van der Waals surface area contributed by atoms with Crippen molar-refractivity contribution in [1.82, 2.24) is 4.90 Å². The van der Waals surface area contributed by atoms with Crippen LogP contribution in [0.25, 0.3) is 0 Å². The van der Waals surface area contributed by atoms with Gasteiger partial charge in [-0.2, -0.15) is 13.2 Å². The van der Waals surface area contributed by atoms with Crippen LogP contribution in [0.4, 0.5) is 30.2 Å². The largest absolute Gasteiger partial charge is 0.391 e. The van der Waals surface area contributed by atoms with E-state index in [1.54, 1.807) is 4.90 Å². The van der Waals surface area contributed by atoms with E-state index >= 15 is 0 Å². The maximum absolute atomic E-state index is 13.0. The molecule has 2 aliphatic heterocycles. The van der Waals surface area contributed by atoms with Gasteiger partial charge in [0.05, 0.1) is 11.8 Å². The first-order chi connectivity index (χ1) is 16.5. The predicted octanol–water partition coefficient (Wildman–Crippen LogP) is 4.66. The van der Waals surface area contributed by atoms with Gasteiger partial charge in [-0.3, -0.25) is 9.59 Å². The van der Waals surface area contributed by atoms with E-state index < -0.39 is 23.9 Å². The number of carbonyl (C=O) groups is 2. The van der Waals surface area contributed by atoms with E-state index in [1.165, 1.54) is 0 Å². The third-order valence-corrected chi connectivity index (χ3v) is 7.06. The molecule has 2 saturated heterocycles. The highest BCUT2D eigenvalue weighted by atomic mass is 19.4. The Morgan fingerprint density at radius 3 is 2.31 bits per heavy atom.